The molecule has 4 atom stereocenters. The van der Waals surface area contributed by atoms with Gasteiger partial charge in [0.15, 0.2) is 5.13 Å². The van der Waals surface area contributed by atoms with Crippen LogP contribution in [-0.2, 0) is 19.1 Å². The maximum absolute atomic E-state index is 13.6. The number of nitrogens with zero attached hydrogens (tertiary/aromatic N) is 2. The summed E-state index contributed by atoms with van der Waals surface area (Å²) in [6.45, 7) is 6.10. The molecule has 0 spiro atoms. The quantitative estimate of drug-likeness (QED) is 0.365. The lowest BCUT2D eigenvalue weighted by Gasteiger charge is -2.43. The molecule has 2 unspecified atom stereocenters. The van der Waals surface area contributed by atoms with Gasteiger partial charge in [0.25, 0.3) is 0 Å². The maximum Gasteiger partial charge on any atom is 0.338 e. The molecule has 1 amide bonds. The first-order valence-electron chi connectivity index (χ1n) is 10.7. The average Bonchev–Trinajstić information content (AvgIpc) is 3.48. The van der Waals surface area contributed by atoms with Gasteiger partial charge < -0.3 is 14.3 Å². The van der Waals surface area contributed by atoms with Crippen LogP contribution in [0.5, 0.6) is 0 Å². The van der Waals surface area contributed by atoms with Gasteiger partial charge in [-0.1, -0.05) is 24.7 Å². The van der Waals surface area contributed by atoms with Crippen molar-refractivity contribution in [3.8, 4) is 0 Å². The fraction of sp³-hybridized carbons (Fsp3) is 0.565. The van der Waals surface area contributed by atoms with Crippen LogP contribution < -0.4 is 4.90 Å². The SMILES string of the molecule is CCCCOC(=O)c1ccc2nc(N(C)C(=O)[C@]3(C)C4CCC(O4)[C@]3(C)C=O)sc2c1. The number of aldehydes is 1. The Morgan fingerprint density at radius 3 is 2.77 bits per heavy atom. The van der Waals surface area contributed by atoms with Crippen LogP contribution in [0.1, 0.15) is 56.8 Å². The summed E-state index contributed by atoms with van der Waals surface area (Å²) in [6.07, 6.45) is 3.74. The van der Waals surface area contributed by atoms with Gasteiger partial charge in [-0.25, -0.2) is 9.78 Å². The Morgan fingerprint density at radius 1 is 1.32 bits per heavy atom. The first-order valence-corrected chi connectivity index (χ1v) is 11.6. The molecule has 2 aromatic rings. The number of benzene rings is 1. The summed E-state index contributed by atoms with van der Waals surface area (Å²) in [7, 11) is 1.68. The van der Waals surface area contributed by atoms with E-state index in [1.54, 1.807) is 25.2 Å². The van der Waals surface area contributed by atoms with Crippen molar-refractivity contribution in [3.63, 3.8) is 0 Å². The van der Waals surface area contributed by atoms with Crippen molar-refractivity contribution in [2.75, 3.05) is 18.6 Å². The fourth-order valence-corrected chi connectivity index (χ4v) is 5.73. The van der Waals surface area contributed by atoms with Crippen LogP contribution in [-0.4, -0.2) is 49.0 Å². The third kappa shape index (κ3) is 3.27. The maximum atomic E-state index is 13.6. The Morgan fingerprint density at radius 2 is 2.06 bits per heavy atom. The van der Waals surface area contributed by atoms with E-state index in [-0.39, 0.29) is 24.1 Å². The van der Waals surface area contributed by atoms with Gasteiger partial charge in [-0.05, 0) is 51.3 Å². The van der Waals surface area contributed by atoms with Crippen LogP contribution in [0.4, 0.5) is 5.13 Å². The van der Waals surface area contributed by atoms with E-state index in [1.165, 1.54) is 16.2 Å². The molecule has 2 aliphatic heterocycles. The molecule has 3 heterocycles. The van der Waals surface area contributed by atoms with Gasteiger partial charge in [-0.2, -0.15) is 0 Å². The van der Waals surface area contributed by atoms with E-state index in [0.717, 1.165) is 36.7 Å². The van der Waals surface area contributed by atoms with Crippen LogP contribution in [0.3, 0.4) is 0 Å². The van der Waals surface area contributed by atoms with E-state index in [2.05, 4.69) is 4.98 Å². The summed E-state index contributed by atoms with van der Waals surface area (Å²) in [5, 5.41) is 0.522. The van der Waals surface area contributed by atoms with Gasteiger partial charge in [0.1, 0.15) is 6.29 Å². The largest absolute Gasteiger partial charge is 0.462 e. The third-order valence-electron chi connectivity index (χ3n) is 7.08. The van der Waals surface area contributed by atoms with Crippen LogP contribution in [0.25, 0.3) is 10.2 Å². The Labute approximate surface area is 185 Å². The molecule has 0 radical (unpaired) electrons. The number of thiazole rings is 1. The highest BCUT2D eigenvalue weighted by atomic mass is 32.1. The predicted molar refractivity (Wildman–Crippen MR) is 118 cm³/mol. The molecule has 1 aromatic carbocycles. The van der Waals surface area contributed by atoms with Crippen molar-refractivity contribution >= 4 is 44.8 Å². The zero-order chi connectivity index (χ0) is 22.4. The molecule has 31 heavy (non-hydrogen) atoms. The van der Waals surface area contributed by atoms with Crippen molar-refractivity contribution in [3.05, 3.63) is 23.8 Å². The Hall–Kier alpha value is -2.32. The number of carbonyl (C=O) groups excluding carboxylic acids is 3. The zero-order valence-corrected chi connectivity index (χ0v) is 19.2. The molecule has 2 aliphatic rings. The number of anilines is 1. The van der Waals surface area contributed by atoms with Crippen LogP contribution >= 0.6 is 11.3 Å². The molecule has 8 heteroatoms. The highest BCUT2D eigenvalue weighted by molar-refractivity contribution is 7.22. The van der Waals surface area contributed by atoms with Crippen molar-refractivity contribution in [1.82, 2.24) is 4.98 Å². The molecule has 2 saturated heterocycles. The number of hydrogen-bond donors (Lipinski definition) is 0. The van der Waals surface area contributed by atoms with Gasteiger partial charge in [0, 0.05) is 7.05 Å². The van der Waals surface area contributed by atoms with Crippen LogP contribution in [0.2, 0.25) is 0 Å². The van der Waals surface area contributed by atoms with E-state index in [9.17, 15) is 14.4 Å². The third-order valence-corrected chi connectivity index (χ3v) is 8.17. The minimum atomic E-state index is -0.946. The smallest absolute Gasteiger partial charge is 0.338 e. The summed E-state index contributed by atoms with van der Waals surface area (Å²) in [4.78, 5) is 44.0. The molecule has 2 bridgehead atoms. The van der Waals surface area contributed by atoms with Gasteiger partial charge >= 0.3 is 5.97 Å². The summed E-state index contributed by atoms with van der Waals surface area (Å²) < 4.78 is 12.1. The molecule has 7 nitrogen and oxygen atoms in total. The van der Waals surface area contributed by atoms with E-state index in [4.69, 9.17) is 9.47 Å². The number of aromatic nitrogens is 1. The second-order valence-electron chi connectivity index (χ2n) is 8.83. The summed E-state index contributed by atoms with van der Waals surface area (Å²) in [6, 6.07) is 5.21. The van der Waals surface area contributed by atoms with Crippen molar-refractivity contribution < 1.29 is 23.9 Å². The summed E-state index contributed by atoms with van der Waals surface area (Å²) in [5.74, 6) is -0.532. The molecule has 0 N–H and O–H groups in total. The first kappa shape index (κ1) is 21.9. The molecule has 2 fully saturated rings. The van der Waals surface area contributed by atoms with E-state index in [1.807, 2.05) is 20.8 Å². The standard InChI is InChI=1S/C23H28N2O5S/c1-5-6-11-29-19(27)14-7-8-15-16(12-14)31-21(24-15)25(4)20(28)23(3)18-10-9-17(30-18)22(23,2)13-26/h7-8,12-13,17-18H,5-6,9-11H2,1-4H3/t17?,18?,22-,23-/m0/s1. The van der Waals surface area contributed by atoms with Gasteiger partial charge in [-0.3, -0.25) is 9.69 Å². The minimum Gasteiger partial charge on any atom is -0.462 e. The lowest BCUT2D eigenvalue weighted by molar-refractivity contribution is -0.141. The molecule has 166 valence electrons. The molecular weight excluding hydrogens is 416 g/mol. The van der Waals surface area contributed by atoms with Gasteiger partial charge in [0.2, 0.25) is 5.91 Å². The first-order chi connectivity index (χ1) is 14.8. The van der Waals surface area contributed by atoms with Crippen molar-refractivity contribution in [2.24, 2.45) is 10.8 Å². The van der Waals surface area contributed by atoms with Gasteiger partial charge in [0.05, 0.1) is 45.4 Å². The molecule has 0 aliphatic carbocycles. The van der Waals surface area contributed by atoms with E-state index in [0.29, 0.717) is 22.8 Å². The second-order valence-corrected chi connectivity index (χ2v) is 9.84. The van der Waals surface area contributed by atoms with Gasteiger partial charge in [-0.15, -0.1) is 0 Å². The lowest BCUT2D eigenvalue weighted by Crippen LogP contribution is -2.56. The summed E-state index contributed by atoms with van der Waals surface area (Å²) in [5.41, 5.74) is -0.640. The van der Waals surface area contributed by atoms with Crippen LogP contribution in [0.15, 0.2) is 18.2 Å². The molecule has 0 saturated carbocycles. The molecule has 4 rings (SSSR count). The zero-order valence-electron chi connectivity index (χ0n) is 18.3. The summed E-state index contributed by atoms with van der Waals surface area (Å²) >= 11 is 1.34. The highest BCUT2D eigenvalue weighted by Crippen LogP contribution is 2.59. The predicted octanol–water partition coefficient (Wildman–Crippen LogP) is 3.99. The number of unbranched alkanes of at least 4 members (excludes halogenated alkanes) is 1. The molecule has 1 aromatic heterocycles. The number of ether oxygens (including phenoxy) is 2. The fourth-order valence-electron chi connectivity index (χ4n) is 4.76. The minimum absolute atomic E-state index is 0.174. The topological polar surface area (TPSA) is 85.8 Å². The Balaban J connectivity index is 1.59. The van der Waals surface area contributed by atoms with E-state index >= 15 is 0 Å². The second kappa shape index (κ2) is 7.98. The van der Waals surface area contributed by atoms with Crippen molar-refractivity contribution in [2.45, 2.75) is 58.7 Å². The Kier molecular flexibility index (Phi) is 5.64. The number of fused-ring (bicyclic) bond motifs is 3. The number of amides is 1. The number of esters is 1. The number of rotatable bonds is 7. The average molecular weight is 445 g/mol. The normalized spacial score (nSPS) is 29.3. The van der Waals surface area contributed by atoms with E-state index < -0.39 is 10.8 Å². The van der Waals surface area contributed by atoms with Crippen molar-refractivity contribution in [1.29, 1.82) is 0 Å². The lowest BCUT2D eigenvalue weighted by atomic mass is 9.58. The Bertz CT molecular complexity index is 1040. The number of hydrogen-bond acceptors (Lipinski definition) is 7. The number of carbonyl (C=O) groups is 3. The monoisotopic (exact) mass is 444 g/mol. The van der Waals surface area contributed by atoms with Crippen LogP contribution in [0, 0.1) is 10.8 Å². The highest BCUT2D eigenvalue weighted by Gasteiger charge is 2.68. The molecular formula is C23H28N2O5S.